The second-order valence-electron chi connectivity index (χ2n) is 5.93. The molecule has 0 aliphatic heterocycles. The van der Waals surface area contributed by atoms with E-state index in [9.17, 15) is 18.7 Å². The molecule has 124 valence electrons. The van der Waals surface area contributed by atoms with E-state index in [0.717, 1.165) is 0 Å². The summed E-state index contributed by atoms with van der Waals surface area (Å²) in [5.41, 5.74) is 0.313. The highest BCUT2D eigenvalue weighted by Crippen LogP contribution is 2.26. The normalized spacial score (nSPS) is 13.0. The predicted octanol–water partition coefficient (Wildman–Crippen LogP) is 3.92. The Morgan fingerprint density at radius 3 is 2.41 bits per heavy atom. The van der Waals surface area contributed by atoms with Gasteiger partial charge in [0.15, 0.2) is 0 Å². The Hall–Kier alpha value is -1.34. The standard InChI is InChI=1S/C15H22F2N2O2S/c1-10(20)8-15(2,3)9-18-14(21)19-11-4-6-12(7-5-11)22-13(16)17/h4-7,10,13,20H,8-9H2,1-3H3,(H2,18,19,21). The zero-order valence-corrected chi connectivity index (χ0v) is 13.7. The predicted molar refractivity (Wildman–Crippen MR) is 85.4 cm³/mol. The van der Waals surface area contributed by atoms with Crippen LogP contribution in [0.15, 0.2) is 29.2 Å². The summed E-state index contributed by atoms with van der Waals surface area (Å²) in [5, 5.41) is 14.8. The van der Waals surface area contributed by atoms with Gasteiger partial charge in [-0.15, -0.1) is 0 Å². The number of hydrogen-bond donors (Lipinski definition) is 3. The van der Waals surface area contributed by atoms with E-state index in [1.807, 2.05) is 13.8 Å². The van der Waals surface area contributed by atoms with Gasteiger partial charge in [-0.3, -0.25) is 0 Å². The quantitative estimate of drug-likeness (QED) is 0.663. The fourth-order valence-corrected chi connectivity index (χ4v) is 2.59. The maximum Gasteiger partial charge on any atom is 0.319 e. The number of rotatable bonds is 7. The zero-order chi connectivity index (χ0) is 16.8. The van der Waals surface area contributed by atoms with Crippen LogP contribution in [0.5, 0.6) is 0 Å². The second kappa shape index (κ2) is 8.33. The highest BCUT2D eigenvalue weighted by Gasteiger charge is 2.21. The van der Waals surface area contributed by atoms with Crippen LogP contribution in [0.4, 0.5) is 19.3 Å². The molecule has 0 fully saturated rings. The number of hydrogen-bond acceptors (Lipinski definition) is 3. The minimum Gasteiger partial charge on any atom is -0.393 e. The Morgan fingerprint density at radius 2 is 1.91 bits per heavy atom. The van der Waals surface area contributed by atoms with E-state index in [1.165, 1.54) is 12.1 Å². The van der Waals surface area contributed by atoms with Crippen molar-refractivity contribution in [2.45, 2.75) is 43.9 Å². The van der Waals surface area contributed by atoms with Gasteiger partial charge in [-0.05, 0) is 43.0 Å². The molecule has 0 spiro atoms. The van der Waals surface area contributed by atoms with Crippen molar-refractivity contribution in [1.82, 2.24) is 5.32 Å². The number of amides is 2. The number of benzene rings is 1. The van der Waals surface area contributed by atoms with Crippen molar-refractivity contribution in [2.75, 3.05) is 11.9 Å². The van der Waals surface area contributed by atoms with Gasteiger partial charge in [-0.2, -0.15) is 8.78 Å². The lowest BCUT2D eigenvalue weighted by Gasteiger charge is -2.26. The van der Waals surface area contributed by atoms with E-state index in [0.29, 0.717) is 35.3 Å². The number of aliphatic hydroxyl groups excluding tert-OH is 1. The van der Waals surface area contributed by atoms with Gasteiger partial charge < -0.3 is 15.7 Å². The number of urea groups is 1. The Kier molecular flexibility index (Phi) is 7.09. The molecule has 3 N–H and O–H groups in total. The lowest BCUT2D eigenvalue weighted by atomic mass is 9.87. The molecule has 4 nitrogen and oxygen atoms in total. The molecule has 0 saturated heterocycles. The van der Waals surface area contributed by atoms with Crippen LogP contribution in [0.1, 0.15) is 27.2 Å². The summed E-state index contributed by atoms with van der Waals surface area (Å²) < 4.78 is 24.4. The number of aliphatic hydroxyl groups is 1. The third kappa shape index (κ3) is 7.61. The van der Waals surface area contributed by atoms with Crippen LogP contribution in [-0.2, 0) is 0 Å². The van der Waals surface area contributed by atoms with Gasteiger partial charge in [0, 0.05) is 17.1 Å². The number of alkyl halides is 2. The van der Waals surface area contributed by atoms with Crippen LogP contribution < -0.4 is 10.6 Å². The summed E-state index contributed by atoms with van der Waals surface area (Å²) in [4.78, 5) is 12.2. The number of carbonyl (C=O) groups excluding carboxylic acids is 1. The largest absolute Gasteiger partial charge is 0.393 e. The lowest BCUT2D eigenvalue weighted by molar-refractivity contribution is 0.129. The summed E-state index contributed by atoms with van der Waals surface area (Å²) in [6, 6.07) is 5.84. The number of halogens is 2. The first-order valence-electron chi connectivity index (χ1n) is 6.96. The van der Waals surface area contributed by atoms with Crippen molar-refractivity contribution in [3.8, 4) is 0 Å². The fraction of sp³-hybridized carbons (Fsp3) is 0.533. The maximum atomic E-state index is 12.2. The van der Waals surface area contributed by atoms with Gasteiger partial charge in [0.2, 0.25) is 0 Å². The van der Waals surface area contributed by atoms with Crippen LogP contribution in [0.3, 0.4) is 0 Å². The van der Waals surface area contributed by atoms with Crippen LogP contribution in [0.25, 0.3) is 0 Å². The fourth-order valence-electron chi connectivity index (χ4n) is 2.09. The minimum absolute atomic E-state index is 0.219. The van der Waals surface area contributed by atoms with Crippen molar-refractivity contribution in [3.05, 3.63) is 24.3 Å². The molecule has 0 saturated carbocycles. The van der Waals surface area contributed by atoms with Crippen molar-refractivity contribution < 1.29 is 18.7 Å². The SMILES string of the molecule is CC(O)CC(C)(C)CNC(=O)Nc1ccc(SC(F)F)cc1. The average Bonchev–Trinajstić information content (AvgIpc) is 2.37. The van der Waals surface area contributed by atoms with Gasteiger partial charge in [0.05, 0.1) is 6.10 Å². The average molecular weight is 332 g/mol. The summed E-state index contributed by atoms with van der Waals surface area (Å²) >= 11 is 0.460. The van der Waals surface area contributed by atoms with Crippen LogP contribution in [0, 0.1) is 5.41 Å². The molecular weight excluding hydrogens is 310 g/mol. The molecule has 1 unspecified atom stereocenters. The molecule has 0 aliphatic carbocycles. The maximum absolute atomic E-state index is 12.2. The molecule has 1 rings (SSSR count). The summed E-state index contributed by atoms with van der Waals surface area (Å²) in [5.74, 6) is -2.46. The van der Waals surface area contributed by atoms with Gasteiger partial charge in [0.1, 0.15) is 0 Å². The highest BCUT2D eigenvalue weighted by molar-refractivity contribution is 7.99. The molecule has 0 aliphatic rings. The van der Waals surface area contributed by atoms with E-state index < -0.39 is 11.9 Å². The molecule has 22 heavy (non-hydrogen) atoms. The number of thioether (sulfide) groups is 1. The molecule has 0 heterocycles. The number of carbonyl (C=O) groups is 1. The Morgan fingerprint density at radius 1 is 1.32 bits per heavy atom. The van der Waals surface area contributed by atoms with E-state index in [-0.39, 0.29) is 11.4 Å². The van der Waals surface area contributed by atoms with E-state index >= 15 is 0 Å². The summed E-state index contributed by atoms with van der Waals surface area (Å²) in [6.07, 6.45) is 0.145. The molecule has 2 amide bonds. The molecule has 7 heteroatoms. The third-order valence-corrected chi connectivity index (χ3v) is 3.64. The Labute approximate surface area is 133 Å². The number of nitrogens with one attached hydrogen (secondary N) is 2. The Bertz CT molecular complexity index is 479. The first-order valence-corrected chi connectivity index (χ1v) is 7.84. The van der Waals surface area contributed by atoms with Gasteiger partial charge in [-0.1, -0.05) is 25.6 Å². The van der Waals surface area contributed by atoms with Gasteiger partial charge >= 0.3 is 6.03 Å². The topological polar surface area (TPSA) is 61.4 Å². The molecule has 0 radical (unpaired) electrons. The van der Waals surface area contributed by atoms with Gasteiger partial charge in [0.25, 0.3) is 5.76 Å². The zero-order valence-electron chi connectivity index (χ0n) is 12.9. The number of anilines is 1. The molecule has 0 bridgehead atoms. The third-order valence-electron chi connectivity index (χ3n) is 2.91. The molecule has 1 aromatic rings. The van der Waals surface area contributed by atoms with Crippen LogP contribution >= 0.6 is 11.8 Å². The first kappa shape index (κ1) is 18.7. The van der Waals surface area contributed by atoms with Crippen molar-refractivity contribution in [2.24, 2.45) is 5.41 Å². The molecular formula is C15H22F2N2O2S. The minimum atomic E-state index is -2.46. The summed E-state index contributed by atoms with van der Waals surface area (Å²) in [6.45, 7) is 6.04. The van der Waals surface area contributed by atoms with Crippen LogP contribution in [-0.4, -0.2) is 29.5 Å². The summed E-state index contributed by atoms with van der Waals surface area (Å²) in [7, 11) is 0. The molecule has 1 atom stereocenters. The Balaban J connectivity index is 2.45. The molecule has 0 aromatic heterocycles. The van der Waals surface area contributed by atoms with E-state index in [4.69, 9.17) is 0 Å². The smallest absolute Gasteiger partial charge is 0.319 e. The van der Waals surface area contributed by atoms with Crippen molar-refractivity contribution in [1.29, 1.82) is 0 Å². The van der Waals surface area contributed by atoms with Crippen molar-refractivity contribution >= 4 is 23.5 Å². The second-order valence-corrected chi connectivity index (χ2v) is 6.99. The van der Waals surface area contributed by atoms with Gasteiger partial charge in [-0.25, -0.2) is 4.79 Å². The lowest BCUT2D eigenvalue weighted by Crippen LogP contribution is -2.38. The first-order chi connectivity index (χ1) is 10.2. The van der Waals surface area contributed by atoms with Crippen molar-refractivity contribution in [3.63, 3.8) is 0 Å². The van der Waals surface area contributed by atoms with Crippen LogP contribution in [0.2, 0.25) is 0 Å². The van der Waals surface area contributed by atoms with E-state index in [2.05, 4.69) is 10.6 Å². The monoisotopic (exact) mass is 332 g/mol. The molecule has 1 aromatic carbocycles. The highest BCUT2D eigenvalue weighted by atomic mass is 32.2. The van der Waals surface area contributed by atoms with E-state index in [1.54, 1.807) is 19.1 Å².